The summed E-state index contributed by atoms with van der Waals surface area (Å²) in [5.74, 6) is -1.09. The van der Waals surface area contributed by atoms with Gasteiger partial charge in [0.25, 0.3) is 5.69 Å². The molecule has 2 rings (SSSR count). The first-order valence-corrected chi connectivity index (χ1v) is 9.49. The first-order valence-electron chi connectivity index (χ1n) is 9.49. The van der Waals surface area contributed by atoms with Crippen molar-refractivity contribution in [2.45, 2.75) is 46.5 Å². The second kappa shape index (κ2) is 9.97. The van der Waals surface area contributed by atoms with E-state index in [1.54, 1.807) is 19.1 Å². The first-order chi connectivity index (χ1) is 13.8. The lowest BCUT2D eigenvalue weighted by Gasteiger charge is -2.29. The lowest BCUT2D eigenvalue weighted by atomic mass is 9.79. The summed E-state index contributed by atoms with van der Waals surface area (Å²) >= 11 is 0. The Kier molecular flexibility index (Phi) is 7.67. The van der Waals surface area contributed by atoms with E-state index in [4.69, 9.17) is 9.57 Å². The highest BCUT2D eigenvalue weighted by Gasteiger charge is 2.35. The predicted octanol–water partition coefficient (Wildman–Crippen LogP) is 4.20. The summed E-state index contributed by atoms with van der Waals surface area (Å²) in [5.41, 5.74) is 6.49. The molecule has 0 bridgehead atoms. The Morgan fingerprint density at radius 3 is 2.69 bits per heavy atom. The third-order valence-corrected chi connectivity index (χ3v) is 4.74. The van der Waals surface area contributed by atoms with Gasteiger partial charge in [0.1, 0.15) is 0 Å². The number of nitro groups is 1. The van der Waals surface area contributed by atoms with Crippen molar-refractivity contribution in [2.24, 2.45) is 4.99 Å². The fraction of sp³-hybridized carbons (Fsp3) is 0.429. The van der Waals surface area contributed by atoms with E-state index in [0.717, 1.165) is 18.4 Å². The van der Waals surface area contributed by atoms with Crippen LogP contribution in [0.5, 0.6) is 0 Å². The van der Waals surface area contributed by atoms with Crippen molar-refractivity contribution in [3.05, 3.63) is 62.5 Å². The van der Waals surface area contributed by atoms with Gasteiger partial charge in [-0.25, -0.2) is 4.79 Å². The van der Waals surface area contributed by atoms with Crippen LogP contribution in [0.1, 0.15) is 52.0 Å². The molecule has 0 fully saturated rings. The van der Waals surface area contributed by atoms with Gasteiger partial charge in [-0.1, -0.05) is 25.5 Å². The summed E-state index contributed by atoms with van der Waals surface area (Å²) in [6, 6.07) is 6.27. The van der Waals surface area contributed by atoms with Crippen LogP contribution in [0, 0.1) is 10.1 Å². The van der Waals surface area contributed by atoms with E-state index in [2.05, 4.69) is 17.4 Å². The number of esters is 1. The lowest BCUT2D eigenvalue weighted by molar-refractivity contribution is -0.384. The maximum atomic E-state index is 12.6. The molecule has 0 saturated heterocycles. The van der Waals surface area contributed by atoms with Crippen LogP contribution in [0.3, 0.4) is 0 Å². The standard InChI is InChI=1S/C21H27N3O5/c1-6-7-11-29-23-15(4)18-13(2)22-14(3)19(21(25)28-5)20(18)16-9-8-10-17(12-16)24(26)27/h8-10,12,20,23H,6-7,11H2,1-5H3/b18-15+. The van der Waals surface area contributed by atoms with Crippen LogP contribution in [0.2, 0.25) is 0 Å². The summed E-state index contributed by atoms with van der Waals surface area (Å²) in [7, 11) is 1.31. The molecule has 1 aliphatic rings. The molecule has 0 spiro atoms. The maximum Gasteiger partial charge on any atom is 0.336 e. The molecule has 0 radical (unpaired) electrons. The molecule has 0 aliphatic carbocycles. The second-order valence-corrected chi connectivity index (χ2v) is 6.82. The van der Waals surface area contributed by atoms with E-state index in [1.807, 2.05) is 13.8 Å². The van der Waals surface area contributed by atoms with Crippen molar-refractivity contribution in [3.8, 4) is 0 Å². The number of benzene rings is 1. The van der Waals surface area contributed by atoms with Crippen molar-refractivity contribution in [3.63, 3.8) is 0 Å². The van der Waals surface area contributed by atoms with Gasteiger partial charge in [0.15, 0.2) is 0 Å². The third-order valence-electron chi connectivity index (χ3n) is 4.74. The largest absolute Gasteiger partial charge is 0.466 e. The number of carbonyl (C=O) groups excluding carboxylic acids is 1. The Morgan fingerprint density at radius 1 is 1.34 bits per heavy atom. The van der Waals surface area contributed by atoms with Gasteiger partial charge in [0.05, 0.1) is 24.2 Å². The van der Waals surface area contributed by atoms with Crippen LogP contribution < -0.4 is 5.48 Å². The third kappa shape index (κ3) is 5.08. The zero-order chi connectivity index (χ0) is 21.6. The van der Waals surface area contributed by atoms with Gasteiger partial charge in [-0.3, -0.25) is 25.4 Å². The molecule has 1 atom stereocenters. The summed E-state index contributed by atoms with van der Waals surface area (Å²) in [5, 5.41) is 11.3. The number of non-ortho nitro benzene ring substituents is 1. The molecule has 0 saturated carbocycles. The van der Waals surface area contributed by atoms with Crippen LogP contribution in [0.25, 0.3) is 0 Å². The molecule has 1 aliphatic heterocycles. The van der Waals surface area contributed by atoms with Gasteiger partial charge in [0, 0.05) is 40.7 Å². The number of hydrogen-bond acceptors (Lipinski definition) is 7. The van der Waals surface area contributed by atoms with Crippen LogP contribution in [0.4, 0.5) is 5.69 Å². The van der Waals surface area contributed by atoms with Crippen LogP contribution in [0.15, 0.2) is 51.8 Å². The Labute approximate surface area is 170 Å². The Morgan fingerprint density at radius 2 is 2.07 bits per heavy atom. The average Bonchev–Trinajstić information content (AvgIpc) is 2.70. The quantitative estimate of drug-likeness (QED) is 0.303. The van der Waals surface area contributed by atoms with Gasteiger partial charge in [0.2, 0.25) is 0 Å². The highest BCUT2D eigenvalue weighted by Crippen LogP contribution is 2.40. The minimum Gasteiger partial charge on any atom is -0.466 e. The molecule has 1 heterocycles. The van der Waals surface area contributed by atoms with E-state index in [9.17, 15) is 14.9 Å². The molecule has 8 heteroatoms. The molecule has 1 N–H and O–H groups in total. The Balaban J connectivity index is 2.61. The topological polar surface area (TPSA) is 103 Å². The lowest BCUT2D eigenvalue weighted by Crippen LogP contribution is -2.27. The molecule has 156 valence electrons. The number of nitrogens with one attached hydrogen (secondary N) is 1. The van der Waals surface area contributed by atoms with E-state index >= 15 is 0 Å². The number of nitro benzene ring substituents is 1. The van der Waals surface area contributed by atoms with Gasteiger partial charge in [-0.15, -0.1) is 0 Å². The predicted molar refractivity (Wildman–Crippen MR) is 110 cm³/mol. The molecular weight excluding hydrogens is 374 g/mol. The number of nitrogens with zero attached hydrogens (tertiary/aromatic N) is 2. The van der Waals surface area contributed by atoms with Crippen LogP contribution in [-0.2, 0) is 14.4 Å². The van der Waals surface area contributed by atoms with Crippen molar-refractivity contribution >= 4 is 17.4 Å². The molecule has 8 nitrogen and oxygen atoms in total. The number of allylic oxidation sites excluding steroid dienone is 3. The van der Waals surface area contributed by atoms with Crippen molar-refractivity contribution < 1.29 is 19.3 Å². The number of unbranched alkanes of at least 4 members (excludes halogenated alkanes) is 1. The number of ether oxygens (including phenoxy) is 1. The van der Waals surface area contributed by atoms with Gasteiger partial charge in [-0.2, -0.15) is 0 Å². The summed E-state index contributed by atoms with van der Waals surface area (Å²) in [6.07, 6.45) is 1.91. The number of hydroxylamine groups is 1. The van der Waals surface area contributed by atoms with Crippen molar-refractivity contribution in [1.82, 2.24) is 5.48 Å². The van der Waals surface area contributed by atoms with Crippen LogP contribution >= 0.6 is 0 Å². The molecule has 1 aromatic carbocycles. The normalized spacial score (nSPS) is 18.2. The van der Waals surface area contributed by atoms with Gasteiger partial charge in [-0.05, 0) is 32.8 Å². The number of hydrogen-bond donors (Lipinski definition) is 1. The maximum absolute atomic E-state index is 12.6. The summed E-state index contributed by atoms with van der Waals surface area (Å²) < 4.78 is 4.99. The smallest absolute Gasteiger partial charge is 0.336 e. The zero-order valence-corrected chi connectivity index (χ0v) is 17.4. The highest BCUT2D eigenvalue weighted by atomic mass is 16.6. The van der Waals surface area contributed by atoms with Crippen molar-refractivity contribution in [1.29, 1.82) is 0 Å². The zero-order valence-electron chi connectivity index (χ0n) is 17.4. The number of aliphatic imine (C=N–C) groups is 1. The molecule has 1 unspecified atom stereocenters. The van der Waals surface area contributed by atoms with Crippen LogP contribution in [-0.4, -0.2) is 30.3 Å². The Bertz CT molecular complexity index is 886. The SMILES string of the molecule is CCCCON/C(C)=C1\C(C)=NC(C)=C(C(=O)OC)C1c1cccc([N+](=O)[O-])c1. The molecule has 0 amide bonds. The van der Waals surface area contributed by atoms with Gasteiger partial charge < -0.3 is 4.74 Å². The average molecular weight is 401 g/mol. The van der Waals surface area contributed by atoms with Gasteiger partial charge >= 0.3 is 5.97 Å². The highest BCUT2D eigenvalue weighted by molar-refractivity contribution is 6.06. The first kappa shape index (κ1) is 22.3. The monoisotopic (exact) mass is 401 g/mol. The minimum absolute atomic E-state index is 0.0475. The molecule has 1 aromatic rings. The van der Waals surface area contributed by atoms with E-state index in [1.165, 1.54) is 19.2 Å². The fourth-order valence-corrected chi connectivity index (χ4v) is 3.38. The van der Waals surface area contributed by atoms with Crippen molar-refractivity contribution in [2.75, 3.05) is 13.7 Å². The second-order valence-electron chi connectivity index (χ2n) is 6.82. The summed E-state index contributed by atoms with van der Waals surface area (Å²) in [6.45, 7) is 8.02. The number of rotatable bonds is 8. The molecule has 29 heavy (non-hydrogen) atoms. The fourth-order valence-electron chi connectivity index (χ4n) is 3.38. The molecule has 0 aromatic heterocycles. The minimum atomic E-state index is -0.567. The number of methoxy groups -OCH3 is 1. The molecular formula is C21H27N3O5. The number of carbonyl (C=O) groups is 1. The van der Waals surface area contributed by atoms with E-state index < -0.39 is 16.8 Å². The Hall–Kier alpha value is -3.00. The van der Waals surface area contributed by atoms with E-state index in [-0.39, 0.29) is 5.69 Å². The van der Waals surface area contributed by atoms with E-state index in [0.29, 0.717) is 34.8 Å². The summed E-state index contributed by atoms with van der Waals surface area (Å²) in [4.78, 5) is 33.5.